The van der Waals surface area contributed by atoms with Gasteiger partial charge in [-0.25, -0.2) is 0 Å². The van der Waals surface area contributed by atoms with Crippen LogP contribution in [0.1, 0.15) is 24.3 Å². The Kier molecular flexibility index (Phi) is 7.70. The van der Waals surface area contributed by atoms with Crippen molar-refractivity contribution in [1.82, 2.24) is 4.90 Å². The van der Waals surface area contributed by atoms with Gasteiger partial charge in [0.25, 0.3) is 0 Å². The van der Waals surface area contributed by atoms with Gasteiger partial charge in [-0.3, -0.25) is 4.90 Å². The number of thiophene rings is 1. The highest BCUT2D eigenvalue weighted by Crippen LogP contribution is 2.18. The van der Waals surface area contributed by atoms with E-state index in [9.17, 15) is 0 Å². The molecule has 1 aromatic rings. The fourth-order valence-corrected chi connectivity index (χ4v) is 2.48. The molecule has 3 nitrogen and oxygen atoms in total. The highest BCUT2D eigenvalue weighted by Gasteiger charge is 2.08. The standard InChI is InChI=1S/C14H22N2OS/c1-3-16(9-10-17-4-2)12-14-13(6-5-8-15)7-11-18-14/h7,11H,3-4,8-10,12,15H2,1-2H3. The summed E-state index contributed by atoms with van der Waals surface area (Å²) in [5, 5.41) is 2.09. The lowest BCUT2D eigenvalue weighted by atomic mass is 10.2. The van der Waals surface area contributed by atoms with Crippen LogP contribution in [0.2, 0.25) is 0 Å². The van der Waals surface area contributed by atoms with Crippen LogP contribution in [0.15, 0.2) is 11.4 Å². The number of ether oxygens (including phenoxy) is 1. The number of hydrogen-bond donors (Lipinski definition) is 1. The quantitative estimate of drug-likeness (QED) is 0.605. The first-order valence-corrected chi connectivity index (χ1v) is 7.25. The second-order valence-electron chi connectivity index (χ2n) is 3.83. The smallest absolute Gasteiger partial charge is 0.0593 e. The Bertz CT molecular complexity index is 392. The van der Waals surface area contributed by atoms with Crippen LogP contribution >= 0.6 is 11.3 Å². The van der Waals surface area contributed by atoms with Gasteiger partial charge in [0.05, 0.1) is 13.2 Å². The maximum absolute atomic E-state index is 5.41. The SMILES string of the molecule is CCOCCN(CC)Cc1sccc1C#CCN. The molecule has 1 heterocycles. The van der Waals surface area contributed by atoms with Gasteiger partial charge in [0.15, 0.2) is 0 Å². The Morgan fingerprint density at radius 1 is 1.44 bits per heavy atom. The summed E-state index contributed by atoms with van der Waals surface area (Å²) in [5.74, 6) is 6.04. The van der Waals surface area contributed by atoms with Gasteiger partial charge in [0.1, 0.15) is 0 Å². The van der Waals surface area contributed by atoms with Crippen molar-refractivity contribution in [3.63, 3.8) is 0 Å². The van der Waals surface area contributed by atoms with Crippen molar-refractivity contribution >= 4 is 11.3 Å². The maximum Gasteiger partial charge on any atom is 0.0593 e. The zero-order chi connectivity index (χ0) is 13.2. The van der Waals surface area contributed by atoms with Crippen molar-refractivity contribution in [3.05, 3.63) is 21.9 Å². The first-order valence-electron chi connectivity index (χ1n) is 6.37. The molecule has 2 N–H and O–H groups in total. The van der Waals surface area contributed by atoms with Crippen LogP contribution in [0.25, 0.3) is 0 Å². The summed E-state index contributed by atoms with van der Waals surface area (Å²) in [6.07, 6.45) is 0. The Balaban J connectivity index is 2.55. The van der Waals surface area contributed by atoms with Crippen molar-refractivity contribution in [2.75, 3.05) is 32.8 Å². The largest absolute Gasteiger partial charge is 0.380 e. The van der Waals surface area contributed by atoms with Crippen LogP contribution in [-0.4, -0.2) is 37.7 Å². The Hall–Kier alpha value is -0.860. The Morgan fingerprint density at radius 3 is 2.94 bits per heavy atom. The molecule has 0 saturated heterocycles. The predicted octanol–water partition coefficient (Wildman–Crippen LogP) is 1.92. The van der Waals surface area contributed by atoms with Gasteiger partial charge in [0, 0.05) is 30.1 Å². The third-order valence-electron chi connectivity index (χ3n) is 2.64. The van der Waals surface area contributed by atoms with Gasteiger partial charge >= 0.3 is 0 Å². The number of nitrogens with two attached hydrogens (primary N) is 1. The summed E-state index contributed by atoms with van der Waals surface area (Å²) >= 11 is 1.76. The lowest BCUT2D eigenvalue weighted by molar-refractivity contribution is 0.113. The topological polar surface area (TPSA) is 38.5 Å². The van der Waals surface area contributed by atoms with E-state index >= 15 is 0 Å². The first kappa shape index (κ1) is 15.2. The lowest BCUT2D eigenvalue weighted by Crippen LogP contribution is -2.26. The minimum atomic E-state index is 0.414. The molecule has 0 saturated carbocycles. The van der Waals surface area contributed by atoms with Crippen molar-refractivity contribution in [2.45, 2.75) is 20.4 Å². The van der Waals surface area contributed by atoms with Gasteiger partial charge in [-0.05, 0) is 24.9 Å². The number of hydrogen-bond acceptors (Lipinski definition) is 4. The van der Waals surface area contributed by atoms with E-state index in [1.165, 1.54) is 4.88 Å². The van der Waals surface area contributed by atoms with E-state index in [0.717, 1.165) is 38.4 Å². The molecule has 0 aliphatic heterocycles. The van der Waals surface area contributed by atoms with Crippen molar-refractivity contribution in [2.24, 2.45) is 5.73 Å². The van der Waals surface area contributed by atoms with E-state index in [4.69, 9.17) is 10.5 Å². The van der Waals surface area contributed by atoms with E-state index in [-0.39, 0.29) is 0 Å². The maximum atomic E-state index is 5.41. The molecule has 0 aromatic carbocycles. The molecule has 100 valence electrons. The number of nitrogens with zero attached hydrogens (tertiary/aromatic N) is 1. The third kappa shape index (κ3) is 5.19. The second-order valence-corrected chi connectivity index (χ2v) is 4.83. The molecular formula is C14H22N2OS. The molecule has 4 heteroatoms. The molecule has 0 aliphatic rings. The zero-order valence-corrected chi connectivity index (χ0v) is 12.1. The average molecular weight is 266 g/mol. The van der Waals surface area contributed by atoms with Crippen LogP contribution in [0.5, 0.6) is 0 Å². The van der Waals surface area contributed by atoms with E-state index in [2.05, 4.69) is 35.1 Å². The van der Waals surface area contributed by atoms with E-state index < -0.39 is 0 Å². The average Bonchev–Trinajstić information content (AvgIpc) is 2.82. The molecule has 0 bridgehead atoms. The van der Waals surface area contributed by atoms with Crippen LogP contribution in [0, 0.1) is 11.8 Å². The summed E-state index contributed by atoms with van der Waals surface area (Å²) in [6.45, 7) is 9.11. The van der Waals surface area contributed by atoms with Crippen LogP contribution in [0.3, 0.4) is 0 Å². The summed E-state index contributed by atoms with van der Waals surface area (Å²) in [4.78, 5) is 3.68. The molecule has 0 radical (unpaired) electrons. The zero-order valence-electron chi connectivity index (χ0n) is 11.2. The van der Waals surface area contributed by atoms with Gasteiger partial charge in [-0.2, -0.15) is 0 Å². The third-order valence-corrected chi connectivity index (χ3v) is 3.55. The monoisotopic (exact) mass is 266 g/mol. The summed E-state index contributed by atoms with van der Waals surface area (Å²) in [5.41, 5.74) is 6.52. The molecular weight excluding hydrogens is 244 g/mol. The summed E-state index contributed by atoms with van der Waals surface area (Å²) in [6, 6.07) is 2.07. The first-order chi connectivity index (χ1) is 8.81. The predicted molar refractivity (Wildman–Crippen MR) is 77.7 cm³/mol. The Morgan fingerprint density at radius 2 is 2.28 bits per heavy atom. The van der Waals surface area contributed by atoms with Gasteiger partial charge < -0.3 is 10.5 Å². The number of likely N-dealkylation sites (N-methyl/N-ethyl adjacent to an activating group) is 1. The van der Waals surface area contributed by atoms with Crippen LogP contribution in [-0.2, 0) is 11.3 Å². The molecule has 0 aliphatic carbocycles. The summed E-state index contributed by atoms with van der Waals surface area (Å²) in [7, 11) is 0. The molecule has 0 amide bonds. The molecule has 0 atom stereocenters. The van der Waals surface area contributed by atoms with E-state index in [1.807, 2.05) is 6.92 Å². The minimum absolute atomic E-state index is 0.414. The number of rotatable bonds is 7. The van der Waals surface area contributed by atoms with Crippen molar-refractivity contribution in [1.29, 1.82) is 0 Å². The van der Waals surface area contributed by atoms with Crippen LogP contribution in [0.4, 0.5) is 0 Å². The van der Waals surface area contributed by atoms with E-state index in [1.54, 1.807) is 11.3 Å². The second kappa shape index (κ2) is 9.12. The molecule has 18 heavy (non-hydrogen) atoms. The van der Waals surface area contributed by atoms with E-state index in [0.29, 0.717) is 6.54 Å². The van der Waals surface area contributed by atoms with Crippen LogP contribution < -0.4 is 5.73 Å². The van der Waals surface area contributed by atoms with Crippen molar-refractivity contribution in [3.8, 4) is 11.8 Å². The fraction of sp³-hybridized carbons (Fsp3) is 0.571. The molecule has 1 aromatic heterocycles. The molecule has 0 unspecified atom stereocenters. The van der Waals surface area contributed by atoms with Gasteiger partial charge in [-0.1, -0.05) is 18.8 Å². The lowest BCUT2D eigenvalue weighted by Gasteiger charge is -2.19. The molecule has 0 fully saturated rings. The summed E-state index contributed by atoms with van der Waals surface area (Å²) < 4.78 is 5.40. The highest BCUT2D eigenvalue weighted by molar-refractivity contribution is 7.10. The molecule has 0 spiro atoms. The fourth-order valence-electron chi connectivity index (χ4n) is 1.61. The molecule has 1 rings (SSSR count). The van der Waals surface area contributed by atoms with Gasteiger partial charge in [-0.15, -0.1) is 11.3 Å². The highest BCUT2D eigenvalue weighted by atomic mass is 32.1. The van der Waals surface area contributed by atoms with Crippen molar-refractivity contribution < 1.29 is 4.74 Å². The van der Waals surface area contributed by atoms with Gasteiger partial charge in [0.2, 0.25) is 0 Å². The normalized spacial score (nSPS) is 10.4. The minimum Gasteiger partial charge on any atom is -0.380 e. The Labute approximate surface area is 114 Å².